The molecule has 2 rings (SSSR count). The first kappa shape index (κ1) is 13.5. The molecule has 2 heterocycles. The number of rotatable bonds is 2. The Kier molecular flexibility index (Phi) is 4.35. The third kappa shape index (κ3) is 2.72. The van der Waals surface area contributed by atoms with E-state index in [1.807, 2.05) is 16.7 Å². The van der Waals surface area contributed by atoms with Crippen molar-refractivity contribution in [2.24, 2.45) is 0 Å². The largest absolute Gasteiger partial charge is 0.373 e. The van der Waals surface area contributed by atoms with Crippen LogP contribution in [-0.4, -0.2) is 46.9 Å². The minimum atomic E-state index is -0.00769. The van der Waals surface area contributed by atoms with Crippen LogP contribution in [0.1, 0.15) is 17.3 Å². The summed E-state index contributed by atoms with van der Waals surface area (Å²) in [7, 11) is 1.77. The van der Waals surface area contributed by atoms with Crippen molar-refractivity contribution in [3.05, 3.63) is 22.8 Å². The Balaban J connectivity index is 2.27. The number of nitrogens with zero attached hydrogens (tertiary/aromatic N) is 2. The maximum absolute atomic E-state index is 12.5. The van der Waals surface area contributed by atoms with E-state index in [0.29, 0.717) is 16.4 Å². The van der Waals surface area contributed by atoms with Gasteiger partial charge in [-0.25, -0.2) is 4.98 Å². The first-order chi connectivity index (χ1) is 8.63. The van der Waals surface area contributed by atoms with Crippen molar-refractivity contribution in [2.75, 3.05) is 30.4 Å². The second-order valence-electron chi connectivity index (χ2n) is 4.22. The number of anilines is 1. The van der Waals surface area contributed by atoms with Crippen LogP contribution in [0.2, 0.25) is 5.02 Å². The molecule has 0 aliphatic carbocycles. The van der Waals surface area contributed by atoms with Crippen molar-refractivity contribution >= 4 is 35.1 Å². The third-order valence-electron chi connectivity index (χ3n) is 2.97. The molecular formula is C12H16ClN3OS. The maximum atomic E-state index is 12.5. The fourth-order valence-electron chi connectivity index (χ4n) is 1.92. The van der Waals surface area contributed by atoms with Gasteiger partial charge in [0.05, 0.1) is 10.6 Å². The molecule has 1 N–H and O–H groups in total. The van der Waals surface area contributed by atoms with Crippen molar-refractivity contribution in [3.8, 4) is 0 Å². The van der Waals surface area contributed by atoms with E-state index in [4.69, 9.17) is 11.6 Å². The van der Waals surface area contributed by atoms with E-state index in [1.54, 1.807) is 13.1 Å². The van der Waals surface area contributed by atoms with Gasteiger partial charge in [-0.1, -0.05) is 11.6 Å². The molecule has 0 saturated carbocycles. The van der Waals surface area contributed by atoms with Crippen LogP contribution >= 0.6 is 23.4 Å². The lowest BCUT2D eigenvalue weighted by atomic mass is 10.2. The van der Waals surface area contributed by atoms with Gasteiger partial charge in [0, 0.05) is 37.3 Å². The quantitative estimate of drug-likeness (QED) is 0.906. The van der Waals surface area contributed by atoms with Gasteiger partial charge in [0.15, 0.2) is 0 Å². The molecule has 1 unspecified atom stereocenters. The van der Waals surface area contributed by atoms with Crippen LogP contribution in [0.5, 0.6) is 0 Å². The molecule has 1 aromatic heterocycles. The molecule has 0 radical (unpaired) electrons. The van der Waals surface area contributed by atoms with Crippen LogP contribution in [0.25, 0.3) is 0 Å². The molecule has 1 amide bonds. The summed E-state index contributed by atoms with van der Waals surface area (Å²) in [5.74, 6) is 2.61. The minimum absolute atomic E-state index is 0.00769. The molecule has 0 spiro atoms. The zero-order valence-corrected chi connectivity index (χ0v) is 12.0. The van der Waals surface area contributed by atoms with Gasteiger partial charge >= 0.3 is 0 Å². The topological polar surface area (TPSA) is 45.2 Å². The standard InChI is InChI=1S/C12H16ClN3OS/c1-8-7-18-4-3-16(8)12(17)9-5-11(14-2)15-6-10(9)13/h5-6,8H,3-4,7H2,1-2H3,(H,14,15). The Labute approximate surface area is 116 Å². The van der Waals surface area contributed by atoms with E-state index in [2.05, 4.69) is 17.2 Å². The summed E-state index contributed by atoms with van der Waals surface area (Å²) in [4.78, 5) is 18.4. The van der Waals surface area contributed by atoms with Gasteiger partial charge in [-0.15, -0.1) is 0 Å². The highest BCUT2D eigenvalue weighted by molar-refractivity contribution is 7.99. The van der Waals surface area contributed by atoms with Gasteiger partial charge in [-0.3, -0.25) is 4.79 Å². The number of pyridine rings is 1. The molecule has 18 heavy (non-hydrogen) atoms. The highest BCUT2D eigenvalue weighted by atomic mass is 35.5. The molecule has 0 aromatic carbocycles. The van der Waals surface area contributed by atoms with E-state index in [9.17, 15) is 4.79 Å². The lowest BCUT2D eigenvalue weighted by molar-refractivity contribution is 0.0716. The van der Waals surface area contributed by atoms with Crippen LogP contribution in [0, 0.1) is 0 Å². The normalized spacial score (nSPS) is 19.7. The predicted octanol–water partition coefficient (Wildman–Crippen LogP) is 2.35. The second-order valence-corrected chi connectivity index (χ2v) is 5.78. The Morgan fingerprint density at radius 2 is 2.44 bits per heavy atom. The summed E-state index contributed by atoms with van der Waals surface area (Å²) in [6, 6.07) is 1.96. The monoisotopic (exact) mass is 285 g/mol. The van der Waals surface area contributed by atoms with Crippen molar-refractivity contribution in [1.82, 2.24) is 9.88 Å². The van der Waals surface area contributed by atoms with Crippen molar-refractivity contribution in [3.63, 3.8) is 0 Å². The third-order valence-corrected chi connectivity index (χ3v) is 4.46. The average molecular weight is 286 g/mol. The zero-order valence-electron chi connectivity index (χ0n) is 10.4. The van der Waals surface area contributed by atoms with E-state index in [1.165, 1.54) is 6.20 Å². The molecule has 1 atom stereocenters. The number of aromatic nitrogens is 1. The Hall–Kier alpha value is -0.940. The number of halogens is 1. The summed E-state index contributed by atoms with van der Waals surface area (Å²) in [5.41, 5.74) is 0.523. The van der Waals surface area contributed by atoms with E-state index < -0.39 is 0 Å². The van der Waals surface area contributed by atoms with Gasteiger partial charge < -0.3 is 10.2 Å². The lowest BCUT2D eigenvalue weighted by Crippen LogP contribution is -2.44. The molecule has 4 nitrogen and oxygen atoms in total. The lowest BCUT2D eigenvalue weighted by Gasteiger charge is -2.33. The average Bonchev–Trinajstić information content (AvgIpc) is 2.39. The number of nitrogens with one attached hydrogen (secondary N) is 1. The molecule has 1 fully saturated rings. The van der Waals surface area contributed by atoms with E-state index >= 15 is 0 Å². The van der Waals surface area contributed by atoms with Crippen LogP contribution in [-0.2, 0) is 0 Å². The highest BCUT2D eigenvalue weighted by Gasteiger charge is 2.26. The summed E-state index contributed by atoms with van der Waals surface area (Å²) >= 11 is 7.95. The van der Waals surface area contributed by atoms with Gasteiger partial charge in [-0.05, 0) is 13.0 Å². The van der Waals surface area contributed by atoms with Crippen LogP contribution < -0.4 is 5.32 Å². The summed E-state index contributed by atoms with van der Waals surface area (Å²) < 4.78 is 0. The number of hydrogen-bond acceptors (Lipinski definition) is 4. The van der Waals surface area contributed by atoms with Crippen molar-refractivity contribution < 1.29 is 4.79 Å². The molecule has 0 bridgehead atoms. The van der Waals surface area contributed by atoms with Crippen molar-refractivity contribution in [2.45, 2.75) is 13.0 Å². The Bertz CT molecular complexity index is 455. The molecule has 1 aliphatic heterocycles. The molecule has 98 valence electrons. The Morgan fingerprint density at radius 1 is 1.67 bits per heavy atom. The smallest absolute Gasteiger partial charge is 0.255 e. The zero-order chi connectivity index (χ0) is 13.1. The number of amides is 1. The number of carbonyl (C=O) groups excluding carboxylic acids is 1. The van der Waals surface area contributed by atoms with Crippen LogP contribution in [0.4, 0.5) is 5.82 Å². The molecule has 6 heteroatoms. The van der Waals surface area contributed by atoms with Crippen molar-refractivity contribution in [1.29, 1.82) is 0 Å². The first-order valence-electron chi connectivity index (χ1n) is 5.85. The van der Waals surface area contributed by atoms with Gasteiger partial charge in [0.2, 0.25) is 0 Å². The summed E-state index contributed by atoms with van der Waals surface area (Å²) in [5, 5.41) is 3.33. The fraction of sp³-hybridized carbons (Fsp3) is 0.500. The molecule has 1 saturated heterocycles. The maximum Gasteiger partial charge on any atom is 0.255 e. The number of carbonyl (C=O) groups is 1. The van der Waals surface area contributed by atoms with Gasteiger partial charge in [0.25, 0.3) is 5.91 Å². The number of hydrogen-bond donors (Lipinski definition) is 1. The predicted molar refractivity (Wildman–Crippen MR) is 76.6 cm³/mol. The minimum Gasteiger partial charge on any atom is -0.373 e. The molecule has 1 aromatic rings. The summed E-state index contributed by atoms with van der Waals surface area (Å²) in [6.45, 7) is 2.84. The van der Waals surface area contributed by atoms with Crippen LogP contribution in [0.3, 0.4) is 0 Å². The SMILES string of the molecule is CNc1cc(C(=O)N2CCSCC2C)c(Cl)cn1. The van der Waals surface area contributed by atoms with Gasteiger partial charge in [0.1, 0.15) is 5.82 Å². The molecular weight excluding hydrogens is 270 g/mol. The highest BCUT2D eigenvalue weighted by Crippen LogP contribution is 2.23. The number of thioether (sulfide) groups is 1. The second kappa shape index (κ2) is 5.80. The first-order valence-corrected chi connectivity index (χ1v) is 7.38. The Morgan fingerprint density at radius 3 is 3.11 bits per heavy atom. The fourth-order valence-corrected chi connectivity index (χ4v) is 3.12. The van der Waals surface area contributed by atoms with Gasteiger partial charge in [-0.2, -0.15) is 11.8 Å². The van der Waals surface area contributed by atoms with E-state index in [0.717, 1.165) is 18.1 Å². The van der Waals surface area contributed by atoms with Crippen LogP contribution in [0.15, 0.2) is 12.3 Å². The van der Waals surface area contributed by atoms with E-state index in [-0.39, 0.29) is 11.9 Å². The molecule has 1 aliphatic rings. The summed E-state index contributed by atoms with van der Waals surface area (Å²) in [6.07, 6.45) is 1.52.